The van der Waals surface area contributed by atoms with Crippen LogP contribution < -0.4 is 20.7 Å². The maximum absolute atomic E-state index is 11.4. The second-order valence-electron chi connectivity index (χ2n) is 7.61. The molecule has 0 atom stereocenters. The van der Waals surface area contributed by atoms with E-state index in [1.807, 2.05) is 24.3 Å². The summed E-state index contributed by atoms with van der Waals surface area (Å²) in [6, 6.07) is 36.5. The van der Waals surface area contributed by atoms with Gasteiger partial charge in [0.1, 0.15) is 0 Å². The second kappa shape index (κ2) is 8.85. The number of methoxy groups -OCH3 is 1. The van der Waals surface area contributed by atoms with Crippen LogP contribution >= 0.6 is 20.8 Å². The van der Waals surface area contributed by atoms with Gasteiger partial charge >= 0.3 is 196 Å². The van der Waals surface area contributed by atoms with Crippen LogP contribution in [0.3, 0.4) is 0 Å². The van der Waals surface area contributed by atoms with Crippen LogP contribution in [0.1, 0.15) is 5.56 Å². The van der Waals surface area contributed by atoms with Crippen molar-refractivity contribution in [3.05, 3.63) is 125 Å². The average Bonchev–Trinajstić information content (AvgIpc) is 2.85. The number of halogens is 1. The van der Waals surface area contributed by atoms with Gasteiger partial charge in [-0.15, -0.1) is 0 Å². The monoisotopic (exact) mass is 507 g/mol. The Morgan fingerprint density at radius 1 is 0.781 bits per heavy atom. The number of nitro groups is 1. The third kappa shape index (κ3) is 3.72. The molecular weight excluding hydrogens is 485 g/mol. The number of nitrogens with zero attached hydrogens (tertiary/aromatic N) is 1. The van der Waals surface area contributed by atoms with E-state index >= 15 is 0 Å². The zero-order valence-corrected chi connectivity index (χ0v) is 20.1. The van der Waals surface area contributed by atoms with Crippen LogP contribution in [-0.2, 0) is 6.16 Å². The average molecular weight is 508 g/mol. The predicted octanol–water partition coefficient (Wildman–Crippen LogP) is 5.94. The maximum atomic E-state index is 11.4. The van der Waals surface area contributed by atoms with Crippen LogP contribution in [0.4, 0.5) is 5.69 Å². The van der Waals surface area contributed by atoms with Crippen LogP contribution in [0.2, 0.25) is 0 Å². The molecule has 0 amide bonds. The zero-order valence-electron chi connectivity index (χ0n) is 17.6. The number of rotatable bonds is 7. The van der Waals surface area contributed by atoms with Gasteiger partial charge in [0.15, 0.2) is 0 Å². The SMILES string of the molecule is COc1cc(CP(Br)(c2ccccc2)(c2ccccc2)c2ccccc2)ccc1[N+](=O)[O-]. The van der Waals surface area contributed by atoms with Crippen LogP contribution in [-0.4, -0.2) is 12.0 Å². The summed E-state index contributed by atoms with van der Waals surface area (Å²) < 4.78 is 5.37. The van der Waals surface area contributed by atoms with Gasteiger partial charge in [0.25, 0.3) is 0 Å². The molecule has 0 radical (unpaired) electrons. The fourth-order valence-corrected chi connectivity index (χ4v) is 12.0. The summed E-state index contributed by atoms with van der Waals surface area (Å²) in [6.45, 7) is 0. The number of hydrogen-bond donors (Lipinski definition) is 0. The Hall–Kier alpha value is -3.01. The Balaban J connectivity index is 2.04. The number of nitro benzene ring substituents is 1. The number of hydrogen-bond acceptors (Lipinski definition) is 3. The Bertz CT molecular complexity index is 1130. The predicted molar refractivity (Wildman–Crippen MR) is 137 cm³/mol. The van der Waals surface area contributed by atoms with Crippen LogP contribution in [0.15, 0.2) is 109 Å². The van der Waals surface area contributed by atoms with E-state index in [1.165, 1.54) is 29.1 Å². The normalized spacial score (nSPS) is 12.5. The molecule has 0 heterocycles. The van der Waals surface area contributed by atoms with Crippen LogP contribution in [0.5, 0.6) is 5.75 Å². The molecule has 4 rings (SSSR count). The molecule has 0 bridgehead atoms. The zero-order chi connectivity index (χ0) is 22.6. The van der Waals surface area contributed by atoms with Crippen molar-refractivity contribution in [2.24, 2.45) is 0 Å². The summed E-state index contributed by atoms with van der Waals surface area (Å²) in [5.74, 6) is 0.263. The van der Waals surface area contributed by atoms with Crippen LogP contribution in [0.25, 0.3) is 0 Å². The fourth-order valence-electron chi connectivity index (χ4n) is 4.25. The van der Waals surface area contributed by atoms with Gasteiger partial charge in [-0.2, -0.15) is 0 Å². The van der Waals surface area contributed by atoms with E-state index in [2.05, 4.69) is 88.3 Å². The summed E-state index contributed by atoms with van der Waals surface area (Å²) in [4.78, 5) is 11.0. The van der Waals surface area contributed by atoms with Crippen LogP contribution in [0, 0.1) is 10.1 Å². The standard InChI is InChI=1S/C26H23BrNO3P/c1-31-26-19-21(17-18-25(26)28(29)30)20-32(27,22-11-5-2-6-12-22,23-13-7-3-8-14-23)24-15-9-4-10-16-24/h2-19H,20H2,1H3. The summed E-state index contributed by atoms with van der Waals surface area (Å²) in [5.41, 5.74) is 0.920. The molecule has 0 fully saturated rings. The van der Waals surface area contributed by atoms with E-state index in [9.17, 15) is 10.1 Å². The van der Waals surface area contributed by atoms with Crippen molar-refractivity contribution in [1.29, 1.82) is 0 Å². The molecule has 4 nitrogen and oxygen atoms in total. The van der Waals surface area contributed by atoms with Gasteiger partial charge in [-0.25, -0.2) is 0 Å². The molecule has 0 spiro atoms. The first-order valence-electron chi connectivity index (χ1n) is 10.2. The molecule has 0 saturated carbocycles. The Morgan fingerprint density at radius 2 is 1.22 bits per heavy atom. The topological polar surface area (TPSA) is 52.4 Å². The first-order chi connectivity index (χ1) is 15.5. The minimum atomic E-state index is -3.18. The van der Waals surface area contributed by atoms with Gasteiger partial charge in [-0.1, -0.05) is 0 Å². The second-order valence-corrected chi connectivity index (χ2v) is 16.5. The molecule has 4 aromatic rings. The molecule has 4 aromatic carbocycles. The van der Waals surface area contributed by atoms with E-state index in [1.54, 1.807) is 6.07 Å². The van der Waals surface area contributed by atoms with E-state index in [0.717, 1.165) is 5.56 Å². The van der Waals surface area contributed by atoms with Gasteiger partial charge in [0.2, 0.25) is 0 Å². The molecule has 0 aliphatic rings. The van der Waals surface area contributed by atoms with E-state index in [0.29, 0.717) is 6.16 Å². The quantitative estimate of drug-likeness (QED) is 0.176. The van der Waals surface area contributed by atoms with Crippen molar-refractivity contribution < 1.29 is 9.66 Å². The van der Waals surface area contributed by atoms with Gasteiger partial charge in [0, 0.05) is 0 Å². The first kappa shape index (κ1) is 22.2. The van der Waals surface area contributed by atoms with Crippen molar-refractivity contribution in [2.45, 2.75) is 6.16 Å². The number of ether oxygens (including phenoxy) is 1. The summed E-state index contributed by atoms with van der Waals surface area (Å²) in [6.07, 6.45) is 0.637. The Kier molecular flexibility index (Phi) is 6.14. The summed E-state index contributed by atoms with van der Waals surface area (Å²) in [7, 11) is 1.46. The van der Waals surface area contributed by atoms with Gasteiger partial charge < -0.3 is 0 Å². The van der Waals surface area contributed by atoms with Crippen molar-refractivity contribution in [3.8, 4) is 5.75 Å². The van der Waals surface area contributed by atoms with Gasteiger partial charge in [-0.05, 0) is 0 Å². The first-order valence-corrected chi connectivity index (χ1v) is 14.6. The Labute approximate surface area is 195 Å². The molecule has 6 heteroatoms. The van der Waals surface area contributed by atoms with Crippen molar-refractivity contribution in [3.63, 3.8) is 0 Å². The molecule has 0 saturated heterocycles. The molecule has 0 aliphatic carbocycles. The molecule has 0 aromatic heterocycles. The molecule has 0 N–H and O–H groups in total. The molecule has 32 heavy (non-hydrogen) atoms. The van der Waals surface area contributed by atoms with Crippen molar-refractivity contribution in [2.75, 3.05) is 7.11 Å². The van der Waals surface area contributed by atoms with E-state index < -0.39 is 10.2 Å². The molecule has 0 unspecified atom stereocenters. The molecular formula is C26H23BrNO3P. The van der Waals surface area contributed by atoms with E-state index in [4.69, 9.17) is 4.74 Å². The fraction of sp³-hybridized carbons (Fsp3) is 0.0769. The minimum absolute atomic E-state index is 0.0368. The summed E-state index contributed by atoms with van der Waals surface area (Å²) in [5, 5.41) is 11.8. The van der Waals surface area contributed by atoms with Gasteiger partial charge in [0.05, 0.1) is 0 Å². The Morgan fingerprint density at radius 3 is 1.59 bits per heavy atom. The molecule has 0 aliphatic heterocycles. The summed E-state index contributed by atoms with van der Waals surface area (Å²) >= 11 is 4.40. The van der Waals surface area contributed by atoms with Crippen molar-refractivity contribution >= 4 is 42.4 Å². The molecule has 162 valence electrons. The van der Waals surface area contributed by atoms with Crippen molar-refractivity contribution in [1.82, 2.24) is 0 Å². The third-order valence-electron chi connectivity index (χ3n) is 5.80. The van der Waals surface area contributed by atoms with Gasteiger partial charge in [-0.3, -0.25) is 0 Å². The number of benzene rings is 4. The third-order valence-corrected chi connectivity index (χ3v) is 15.3. The van der Waals surface area contributed by atoms with E-state index in [-0.39, 0.29) is 11.4 Å².